The van der Waals surface area contributed by atoms with Crippen molar-refractivity contribution in [1.82, 2.24) is 4.57 Å². The van der Waals surface area contributed by atoms with Crippen LogP contribution in [0, 0.1) is 11.3 Å². The van der Waals surface area contributed by atoms with Crippen LogP contribution in [-0.4, -0.2) is 38.0 Å². The average molecular weight is 616 g/mol. The number of hydrogen-bond donors (Lipinski definition) is 0. The van der Waals surface area contributed by atoms with Crippen molar-refractivity contribution >= 4 is 40.7 Å². The van der Waals surface area contributed by atoms with Crippen LogP contribution in [-0.2, 0) is 9.53 Å². The Bertz CT molecular complexity index is 1940. The normalized spacial score (nSPS) is 14.4. The Morgan fingerprint density at radius 2 is 1.81 bits per heavy atom. The van der Waals surface area contributed by atoms with E-state index in [4.69, 9.17) is 40.8 Å². The van der Waals surface area contributed by atoms with Crippen molar-refractivity contribution < 1.29 is 23.7 Å². The van der Waals surface area contributed by atoms with Gasteiger partial charge >= 0.3 is 5.97 Å². The Kier molecular flexibility index (Phi) is 8.95. The van der Waals surface area contributed by atoms with E-state index in [1.807, 2.05) is 36.4 Å². The maximum absolute atomic E-state index is 14.2. The van der Waals surface area contributed by atoms with Gasteiger partial charge in [0, 0.05) is 16.1 Å². The molecule has 218 valence electrons. The van der Waals surface area contributed by atoms with Crippen molar-refractivity contribution in [2.75, 3.05) is 27.4 Å². The molecule has 0 radical (unpaired) electrons. The summed E-state index contributed by atoms with van der Waals surface area (Å²) < 4.78 is 23.9. The largest absolute Gasteiger partial charge is 0.493 e. The van der Waals surface area contributed by atoms with Crippen LogP contribution in [0.3, 0.4) is 0 Å². The summed E-state index contributed by atoms with van der Waals surface area (Å²) >= 11 is 7.42. The highest BCUT2D eigenvalue weighted by Gasteiger charge is 2.35. The molecule has 0 amide bonds. The van der Waals surface area contributed by atoms with Crippen molar-refractivity contribution in [2.24, 2.45) is 4.99 Å². The molecule has 1 aliphatic heterocycles. The van der Waals surface area contributed by atoms with Gasteiger partial charge in [0.25, 0.3) is 5.56 Å². The van der Waals surface area contributed by atoms with Crippen LogP contribution >= 0.6 is 22.9 Å². The van der Waals surface area contributed by atoms with Gasteiger partial charge in [-0.1, -0.05) is 59.3 Å². The van der Waals surface area contributed by atoms with E-state index in [1.165, 1.54) is 18.8 Å². The van der Waals surface area contributed by atoms with Gasteiger partial charge < -0.3 is 18.9 Å². The molecule has 0 bridgehead atoms. The van der Waals surface area contributed by atoms with E-state index < -0.39 is 12.0 Å². The van der Waals surface area contributed by atoms with Gasteiger partial charge in [-0.05, 0) is 48.9 Å². The van der Waals surface area contributed by atoms with Crippen LogP contribution in [0.5, 0.6) is 17.2 Å². The molecule has 5 rings (SSSR count). The number of halogens is 1. The molecule has 43 heavy (non-hydrogen) atoms. The fraction of sp³-hybridized carbons (Fsp3) is 0.188. The predicted octanol–water partition coefficient (Wildman–Crippen LogP) is 4.51. The number of esters is 1. The van der Waals surface area contributed by atoms with Crippen LogP contribution in [0.4, 0.5) is 0 Å². The highest BCUT2D eigenvalue weighted by Crippen LogP contribution is 2.38. The maximum Gasteiger partial charge on any atom is 0.338 e. The van der Waals surface area contributed by atoms with E-state index in [-0.39, 0.29) is 24.3 Å². The number of fused-ring (bicyclic) bond motifs is 1. The van der Waals surface area contributed by atoms with Crippen molar-refractivity contribution in [3.05, 3.63) is 114 Å². The first-order valence-corrected chi connectivity index (χ1v) is 14.4. The molecule has 0 unspecified atom stereocenters. The fourth-order valence-electron chi connectivity index (χ4n) is 4.79. The van der Waals surface area contributed by atoms with Crippen LogP contribution in [0.1, 0.15) is 29.7 Å². The lowest BCUT2D eigenvalue weighted by molar-refractivity contribution is -0.138. The molecule has 1 aliphatic rings. The summed E-state index contributed by atoms with van der Waals surface area (Å²) in [5, 5.41) is 9.45. The van der Waals surface area contributed by atoms with E-state index in [9.17, 15) is 9.59 Å². The standard InChI is InChI=1S/C32H26ClN3O6S/c1-4-41-31(38)27-28(19-8-6-5-7-9-19)35-32-36(29(27)20-10-12-24(39-2)25(17-20)40-3)30(37)26(43-32)18-21-16-22(33)11-13-23(21)42-15-14-34/h5-13,16-18,29H,4,15H2,1-3H3/b26-18-/t29-/m0/s1. The lowest BCUT2D eigenvalue weighted by Gasteiger charge is -2.26. The monoisotopic (exact) mass is 615 g/mol. The summed E-state index contributed by atoms with van der Waals surface area (Å²) in [5.41, 5.74) is 2.02. The molecule has 2 heterocycles. The molecule has 0 aliphatic carbocycles. The van der Waals surface area contributed by atoms with E-state index in [2.05, 4.69) is 0 Å². The first-order chi connectivity index (χ1) is 20.9. The Labute approximate surface area is 256 Å². The fourth-order valence-corrected chi connectivity index (χ4v) is 5.97. The second kappa shape index (κ2) is 13.0. The smallest absolute Gasteiger partial charge is 0.338 e. The third kappa shape index (κ3) is 5.91. The van der Waals surface area contributed by atoms with E-state index in [1.54, 1.807) is 49.4 Å². The van der Waals surface area contributed by atoms with Crippen LogP contribution in [0.15, 0.2) is 82.1 Å². The Morgan fingerprint density at radius 1 is 1.07 bits per heavy atom. The molecule has 1 aromatic heterocycles. The van der Waals surface area contributed by atoms with E-state index in [0.717, 1.165) is 11.3 Å². The minimum Gasteiger partial charge on any atom is -0.493 e. The van der Waals surface area contributed by atoms with Crippen molar-refractivity contribution in [3.63, 3.8) is 0 Å². The van der Waals surface area contributed by atoms with E-state index >= 15 is 0 Å². The van der Waals surface area contributed by atoms with Gasteiger partial charge in [0.15, 0.2) is 22.9 Å². The zero-order chi connectivity index (χ0) is 30.5. The SMILES string of the molecule is CCOC(=O)C1=C(c2ccccc2)N=c2s/c(=C\c3cc(Cl)ccc3OCC#N)c(=O)n2[C@H]1c1ccc(OC)c(OC)c1. The zero-order valence-electron chi connectivity index (χ0n) is 23.5. The zero-order valence-corrected chi connectivity index (χ0v) is 25.1. The molecule has 0 saturated heterocycles. The number of thiazole rings is 1. The molecular weight excluding hydrogens is 590 g/mol. The summed E-state index contributed by atoms with van der Waals surface area (Å²) in [6, 6.07) is 20.5. The quantitative estimate of drug-likeness (QED) is 0.255. The second-order valence-electron chi connectivity index (χ2n) is 9.17. The Morgan fingerprint density at radius 3 is 2.51 bits per heavy atom. The molecule has 0 saturated carbocycles. The summed E-state index contributed by atoms with van der Waals surface area (Å²) in [7, 11) is 3.05. The van der Waals surface area contributed by atoms with E-state index in [0.29, 0.717) is 54.0 Å². The van der Waals surface area contributed by atoms with Gasteiger partial charge in [-0.3, -0.25) is 9.36 Å². The average Bonchev–Trinajstić information content (AvgIpc) is 3.34. The number of aromatic nitrogens is 1. The van der Waals surface area contributed by atoms with Gasteiger partial charge in [-0.25, -0.2) is 9.79 Å². The van der Waals surface area contributed by atoms with Crippen molar-refractivity contribution in [1.29, 1.82) is 5.26 Å². The first-order valence-electron chi connectivity index (χ1n) is 13.2. The number of nitriles is 1. The third-order valence-electron chi connectivity index (χ3n) is 6.65. The lowest BCUT2D eigenvalue weighted by Crippen LogP contribution is -2.40. The van der Waals surface area contributed by atoms with Gasteiger partial charge in [-0.15, -0.1) is 0 Å². The predicted molar refractivity (Wildman–Crippen MR) is 163 cm³/mol. The number of carbonyl (C=O) groups is 1. The molecule has 3 aromatic carbocycles. The van der Waals surface area contributed by atoms with Gasteiger partial charge in [-0.2, -0.15) is 5.26 Å². The summed E-state index contributed by atoms with van der Waals surface area (Å²) in [6.07, 6.45) is 1.64. The maximum atomic E-state index is 14.2. The van der Waals surface area contributed by atoms with Gasteiger partial charge in [0.2, 0.25) is 0 Å². The topological polar surface area (TPSA) is 112 Å². The minimum absolute atomic E-state index is 0.133. The molecule has 0 spiro atoms. The number of ether oxygens (including phenoxy) is 4. The summed E-state index contributed by atoms with van der Waals surface area (Å²) in [6.45, 7) is 1.68. The molecule has 11 heteroatoms. The molecule has 1 atom stereocenters. The summed E-state index contributed by atoms with van der Waals surface area (Å²) in [5.74, 6) is 0.725. The van der Waals surface area contributed by atoms with Crippen molar-refractivity contribution in [2.45, 2.75) is 13.0 Å². The number of methoxy groups -OCH3 is 2. The number of hydrogen-bond acceptors (Lipinski definition) is 9. The number of nitrogens with zero attached hydrogens (tertiary/aromatic N) is 3. The molecular formula is C32H26ClN3O6S. The van der Waals surface area contributed by atoms with Gasteiger partial charge in [0.1, 0.15) is 11.8 Å². The van der Waals surface area contributed by atoms with Crippen LogP contribution < -0.4 is 29.1 Å². The lowest BCUT2D eigenvalue weighted by atomic mass is 9.93. The molecule has 0 N–H and O–H groups in total. The second-order valence-corrected chi connectivity index (χ2v) is 10.6. The molecule has 9 nitrogen and oxygen atoms in total. The number of benzene rings is 3. The Balaban J connectivity index is 1.83. The first kappa shape index (κ1) is 29.6. The summed E-state index contributed by atoms with van der Waals surface area (Å²) in [4.78, 5) is 33.1. The molecule has 0 fully saturated rings. The number of rotatable bonds is 9. The van der Waals surface area contributed by atoms with Crippen LogP contribution in [0.25, 0.3) is 11.8 Å². The Hall–Kier alpha value is -4.85. The minimum atomic E-state index is -0.902. The van der Waals surface area contributed by atoms with Crippen molar-refractivity contribution in [3.8, 4) is 23.3 Å². The highest BCUT2D eigenvalue weighted by atomic mass is 35.5. The number of carbonyl (C=O) groups excluding carboxylic acids is 1. The third-order valence-corrected chi connectivity index (χ3v) is 7.87. The highest BCUT2D eigenvalue weighted by molar-refractivity contribution is 7.07. The van der Waals surface area contributed by atoms with Gasteiger partial charge in [0.05, 0.1) is 42.7 Å². The van der Waals surface area contributed by atoms with Crippen LogP contribution in [0.2, 0.25) is 5.02 Å². The molecule has 4 aromatic rings.